The van der Waals surface area contributed by atoms with Crippen molar-refractivity contribution in [2.45, 2.75) is 32.5 Å². The summed E-state index contributed by atoms with van der Waals surface area (Å²) >= 11 is 0. The summed E-state index contributed by atoms with van der Waals surface area (Å²) < 4.78 is 5.07. The lowest BCUT2D eigenvalue weighted by Gasteiger charge is -2.42. The molecule has 0 aromatic carbocycles. The maximum absolute atomic E-state index is 11.5. The number of aldehydes is 1. The zero-order valence-corrected chi connectivity index (χ0v) is 10.4. The summed E-state index contributed by atoms with van der Waals surface area (Å²) in [7, 11) is 0. The molecule has 1 aromatic rings. The normalized spacial score (nSPS) is 20.3. The van der Waals surface area contributed by atoms with E-state index < -0.39 is 18.4 Å². The highest BCUT2D eigenvalue weighted by Crippen LogP contribution is 2.34. The van der Waals surface area contributed by atoms with Crippen LogP contribution in [0, 0.1) is 5.92 Å². The number of amides is 1. The number of hydrogen-bond acceptors (Lipinski definition) is 4. The van der Waals surface area contributed by atoms with Gasteiger partial charge in [-0.15, -0.1) is 0 Å². The van der Waals surface area contributed by atoms with Gasteiger partial charge in [-0.25, -0.2) is 4.79 Å². The molecule has 1 aromatic heterocycles. The number of hydrogen-bond donors (Lipinski definition) is 0. The van der Waals surface area contributed by atoms with E-state index in [0.717, 1.165) is 6.29 Å². The van der Waals surface area contributed by atoms with Gasteiger partial charge < -0.3 is 9.53 Å². The Bertz CT molecular complexity index is 433. The van der Waals surface area contributed by atoms with E-state index in [1.165, 1.54) is 4.90 Å². The van der Waals surface area contributed by atoms with Crippen LogP contribution < -0.4 is 0 Å². The Labute approximate surface area is 106 Å². The first-order chi connectivity index (χ1) is 8.63. The molecule has 0 bridgehead atoms. The van der Waals surface area contributed by atoms with Gasteiger partial charge in [0.05, 0.1) is 6.04 Å². The minimum absolute atomic E-state index is 0.331. The molecule has 0 saturated carbocycles. The standard InChI is InChI=1S/C13H16N2O3/c1-9(2)7-10(8-16)15-12(18-13(15)17)11-5-3-4-6-14-11/h3-6,8-10,12H,7H2,1-2H3/t10-,12?/m0/s1. The third kappa shape index (κ3) is 2.34. The van der Waals surface area contributed by atoms with Crippen molar-refractivity contribution < 1.29 is 14.3 Å². The molecule has 0 spiro atoms. The number of pyridine rings is 1. The molecular formula is C13H16N2O3. The highest BCUT2D eigenvalue weighted by molar-refractivity contribution is 5.78. The van der Waals surface area contributed by atoms with Crippen LogP contribution in [-0.4, -0.2) is 28.3 Å². The van der Waals surface area contributed by atoms with Crippen LogP contribution in [0.3, 0.4) is 0 Å². The summed E-state index contributed by atoms with van der Waals surface area (Å²) in [6.07, 6.45) is 2.08. The van der Waals surface area contributed by atoms with E-state index in [-0.39, 0.29) is 0 Å². The van der Waals surface area contributed by atoms with Gasteiger partial charge >= 0.3 is 6.09 Å². The average molecular weight is 248 g/mol. The zero-order chi connectivity index (χ0) is 13.1. The number of aromatic nitrogens is 1. The Morgan fingerprint density at radius 2 is 2.28 bits per heavy atom. The van der Waals surface area contributed by atoms with E-state index in [2.05, 4.69) is 4.98 Å². The van der Waals surface area contributed by atoms with Crippen molar-refractivity contribution in [2.24, 2.45) is 5.92 Å². The molecule has 2 heterocycles. The molecule has 5 heteroatoms. The van der Waals surface area contributed by atoms with Crippen molar-refractivity contribution in [3.05, 3.63) is 30.1 Å². The summed E-state index contributed by atoms with van der Waals surface area (Å²) in [5.74, 6) is 0.331. The van der Waals surface area contributed by atoms with Gasteiger partial charge in [-0.2, -0.15) is 0 Å². The zero-order valence-electron chi connectivity index (χ0n) is 10.4. The molecule has 1 aliphatic heterocycles. The van der Waals surface area contributed by atoms with Gasteiger partial charge in [0, 0.05) is 6.20 Å². The lowest BCUT2D eigenvalue weighted by molar-refractivity contribution is -0.139. The maximum Gasteiger partial charge on any atom is 0.415 e. The third-order valence-electron chi connectivity index (χ3n) is 2.84. The van der Waals surface area contributed by atoms with Gasteiger partial charge in [-0.1, -0.05) is 19.9 Å². The number of rotatable bonds is 5. The van der Waals surface area contributed by atoms with Crippen LogP contribution in [0.15, 0.2) is 24.4 Å². The van der Waals surface area contributed by atoms with E-state index in [9.17, 15) is 9.59 Å². The molecule has 1 saturated heterocycles. The van der Waals surface area contributed by atoms with Crippen LogP contribution in [0.4, 0.5) is 4.79 Å². The van der Waals surface area contributed by atoms with Crippen LogP contribution in [0.25, 0.3) is 0 Å². The maximum atomic E-state index is 11.5. The molecule has 0 radical (unpaired) electrons. The highest BCUT2D eigenvalue weighted by atomic mass is 16.6. The number of nitrogens with zero attached hydrogens (tertiary/aromatic N) is 2. The number of carbonyl (C=O) groups excluding carboxylic acids is 2. The van der Waals surface area contributed by atoms with E-state index in [0.29, 0.717) is 18.0 Å². The van der Waals surface area contributed by atoms with Crippen LogP contribution in [0.1, 0.15) is 32.2 Å². The van der Waals surface area contributed by atoms with Gasteiger partial charge in [-0.05, 0) is 24.5 Å². The van der Waals surface area contributed by atoms with Crippen LogP contribution in [0.2, 0.25) is 0 Å². The number of ether oxygens (including phenoxy) is 1. The third-order valence-corrected chi connectivity index (χ3v) is 2.84. The molecule has 18 heavy (non-hydrogen) atoms. The molecule has 96 valence electrons. The predicted molar refractivity (Wildman–Crippen MR) is 64.6 cm³/mol. The summed E-state index contributed by atoms with van der Waals surface area (Å²) in [4.78, 5) is 28.2. The van der Waals surface area contributed by atoms with E-state index in [1.807, 2.05) is 19.9 Å². The Balaban J connectivity index is 2.15. The van der Waals surface area contributed by atoms with E-state index in [1.54, 1.807) is 18.3 Å². The number of cyclic esters (lactones) is 1. The fraction of sp³-hybridized carbons (Fsp3) is 0.462. The Morgan fingerprint density at radius 3 is 2.78 bits per heavy atom. The second-order valence-corrected chi connectivity index (χ2v) is 4.73. The van der Waals surface area contributed by atoms with Gasteiger partial charge in [0.15, 0.2) is 0 Å². The van der Waals surface area contributed by atoms with Crippen molar-refractivity contribution in [1.29, 1.82) is 0 Å². The summed E-state index contributed by atoms with van der Waals surface area (Å²) in [6, 6.07) is 4.95. The number of carbonyl (C=O) groups is 2. The van der Waals surface area contributed by atoms with Crippen molar-refractivity contribution in [3.63, 3.8) is 0 Å². The predicted octanol–water partition coefficient (Wildman–Crippen LogP) is 2.15. The molecule has 2 atom stereocenters. The second kappa shape index (κ2) is 5.16. The Morgan fingerprint density at radius 1 is 1.50 bits per heavy atom. The fourth-order valence-corrected chi connectivity index (χ4v) is 2.01. The minimum Gasteiger partial charge on any atom is -0.419 e. The van der Waals surface area contributed by atoms with Crippen molar-refractivity contribution >= 4 is 12.4 Å². The smallest absolute Gasteiger partial charge is 0.415 e. The molecule has 1 unspecified atom stereocenters. The average Bonchev–Trinajstić information content (AvgIpc) is 2.35. The Hall–Kier alpha value is -1.91. The quantitative estimate of drug-likeness (QED) is 0.749. The summed E-state index contributed by atoms with van der Waals surface area (Å²) in [5, 5.41) is 0. The molecule has 5 nitrogen and oxygen atoms in total. The van der Waals surface area contributed by atoms with Crippen molar-refractivity contribution in [2.75, 3.05) is 0 Å². The molecule has 2 rings (SSSR count). The van der Waals surface area contributed by atoms with Crippen LogP contribution in [0.5, 0.6) is 0 Å². The van der Waals surface area contributed by atoms with Crippen LogP contribution >= 0.6 is 0 Å². The minimum atomic E-state index is -0.535. The molecular weight excluding hydrogens is 232 g/mol. The van der Waals surface area contributed by atoms with Gasteiger partial charge in [-0.3, -0.25) is 9.88 Å². The molecule has 0 N–H and O–H groups in total. The van der Waals surface area contributed by atoms with Gasteiger partial charge in [0.1, 0.15) is 12.0 Å². The first-order valence-electron chi connectivity index (χ1n) is 5.98. The lowest BCUT2D eigenvalue weighted by atomic mass is 10.0. The first kappa shape index (κ1) is 12.5. The highest BCUT2D eigenvalue weighted by Gasteiger charge is 2.44. The fourth-order valence-electron chi connectivity index (χ4n) is 2.01. The topological polar surface area (TPSA) is 59.5 Å². The van der Waals surface area contributed by atoms with E-state index >= 15 is 0 Å². The van der Waals surface area contributed by atoms with Gasteiger partial charge in [0.2, 0.25) is 6.23 Å². The molecule has 1 amide bonds. The van der Waals surface area contributed by atoms with Crippen LogP contribution in [-0.2, 0) is 9.53 Å². The van der Waals surface area contributed by atoms with Crippen molar-refractivity contribution in [3.8, 4) is 0 Å². The first-order valence-corrected chi connectivity index (χ1v) is 5.98. The van der Waals surface area contributed by atoms with E-state index in [4.69, 9.17) is 4.74 Å². The molecule has 0 aliphatic carbocycles. The largest absolute Gasteiger partial charge is 0.419 e. The Kier molecular flexibility index (Phi) is 3.60. The molecule has 1 aliphatic rings. The second-order valence-electron chi connectivity index (χ2n) is 4.73. The summed E-state index contributed by atoms with van der Waals surface area (Å²) in [6.45, 7) is 4.02. The summed E-state index contributed by atoms with van der Waals surface area (Å²) in [5.41, 5.74) is 0.646. The SMILES string of the molecule is CC(C)C[C@@H](C=O)N1C(=O)OC1c1ccccn1. The monoisotopic (exact) mass is 248 g/mol. The molecule has 1 fully saturated rings. The van der Waals surface area contributed by atoms with Gasteiger partial charge in [0.25, 0.3) is 0 Å². The lowest BCUT2D eigenvalue weighted by Crippen LogP contribution is -2.54. The van der Waals surface area contributed by atoms with Crippen molar-refractivity contribution in [1.82, 2.24) is 9.88 Å².